The second-order valence-electron chi connectivity index (χ2n) is 7.66. The zero-order valence-electron chi connectivity index (χ0n) is 17.5. The number of guanidine groups is 1. The number of carbonyl (C=O) groups is 1. The van der Waals surface area contributed by atoms with Crippen LogP contribution in [0.15, 0.2) is 71.7 Å². The molecule has 0 aliphatic carbocycles. The number of benzene rings is 3. The number of fused-ring (bicyclic) bond motifs is 1. The Morgan fingerprint density at radius 1 is 0.969 bits per heavy atom. The third-order valence-electron chi connectivity index (χ3n) is 5.45. The molecular weight excluding hydrogens is 410 g/mol. The molecule has 0 spiro atoms. The number of anilines is 2. The Kier molecular flexibility index (Phi) is 6.44. The second-order valence-corrected chi connectivity index (χ2v) is 7.66. The average Bonchev–Trinajstić information content (AvgIpc) is 3.03. The van der Waals surface area contributed by atoms with Gasteiger partial charge in [-0.1, -0.05) is 36.4 Å². The Bertz CT molecular complexity index is 1120. The maximum atomic E-state index is 13.7. The summed E-state index contributed by atoms with van der Waals surface area (Å²) in [6, 6.07) is 18.7. The fraction of sp³-hybridized carbons (Fsp3) is 0.200. The summed E-state index contributed by atoms with van der Waals surface area (Å²) in [4.78, 5) is 19.1. The molecule has 0 aromatic heterocycles. The van der Waals surface area contributed by atoms with Gasteiger partial charge < -0.3 is 16.0 Å². The Hall–Kier alpha value is -3.74. The molecule has 0 unspecified atom stereocenters. The predicted octanol–water partition coefficient (Wildman–Crippen LogP) is 4.87. The third kappa shape index (κ3) is 4.77. The summed E-state index contributed by atoms with van der Waals surface area (Å²) in [6.45, 7) is 0.895. The number of amides is 1. The fourth-order valence-corrected chi connectivity index (χ4v) is 3.77. The van der Waals surface area contributed by atoms with Crippen LogP contribution < -0.4 is 16.0 Å². The Morgan fingerprint density at radius 3 is 2.44 bits per heavy atom. The van der Waals surface area contributed by atoms with Gasteiger partial charge in [-0.15, -0.1) is 0 Å². The number of hydrogen-bond donors (Lipinski definition) is 2. The summed E-state index contributed by atoms with van der Waals surface area (Å²) in [5.41, 5.74) is 9.01. The van der Waals surface area contributed by atoms with Gasteiger partial charge in [-0.2, -0.15) is 0 Å². The maximum absolute atomic E-state index is 13.7. The van der Waals surface area contributed by atoms with Gasteiger partial charge in [0.2, 0.25) is 0 Å². The van der Waals surface area contributed by atoms with Gasteiger partial charge in [-0.3, -0.25) is 4.79 Å². The van der Waals surface area contributed by atoms with Gasteiger partial charge in [-0.05, 0) is 60.7 Å². The van der Waals surface area contributed by atoms with Crippen LogP contribution in [0.4, 0.5) is 20.2 Å². The molecule has 3 aromatic carbocycles. The van der Waals surface area contributed by atoms with Gasteiger partial charge in [0, 0.05) is 17.8 Å². The minimum absolute atomic E-state index is 0.0365. The standard InChI is InChI=1S/C25H24F2N4O/c26-20-8-5-9-21(27)23(20)30-25(28)29-16-17-11-13-19(14-12-17)24(32)31-15-4-3-7-18-6-1-2-10-22(18)31/h1-2,5-6,8-14H,3-4,7,15-16H2,(H3,28,29,30). The number of nitrogens with one attached hydrogen (secondary N) is 1. The van der Waals surface area contributed by atoms with Crippen LogP contribution >= 0.6 is 0 Å². The van der Waals surface area contributed by atoms with Crippen LogP contribution in [0.25, 0.3) is 0 Å². The molecule has 3 N–H and O–H groups in total. The number of halogens is 2. The molecule has 0 saturated heterocycles. The number of rotatable bonds is 4. The van der Waals surface area contributed by atoms with Crippen LogP contribution in [0.3, 0.4) is 0 Å². The van der Waals surface area contributed by atoms with E-state index in [1.807, 2.05) is 23.1 Å². The van der Waals surface area contributed by atoms with E-state index in [2.05, 4.69) is 16.4 Å². The molecule has 0 atom stereocenters. The zero-order chi connectivity index (χ0) is 22.5. The highest BCUT2D eigenvalue weighted by atomic mass is 19.1. The first-order valence-corrected chi connectivity index (χ1v) is 10.5. The largest absolute Gasteiger partial charge is 0.370 e. The van der Waals surface area contributed by atoms with Crippen molar-refractivity contribution in [1.29, 1.82) is 0 Å². The zero-order valence-corrected chi connectivity index (χ0v) is 17.5. The van der Waals surface area contributed by atoms with E-state index in [1.165, 1.54) is 11.6 Å². The molecule has 32 heavy (non-hydrogen) atoms. The molecule has 1 heterocycles. The van der Waals surface area contributed by atoms with Crippen molar-refractivity contribution in [2.24, 2.45) is 10.7 Å². The lowest BCUT2D eigenvalue weighted by atomic mass is 10.1. The Labute approximate surface area is 185 Å². The van der Waals surface area contributed by atoms with Crippen molar-refractivity contribution in [3.8, 4) is 0 Å². The molecule has 1 aliphatic rings. The molecule has 4 rings (SSSR count). The molecule has 0 saturated carbocycles. The smallest absolute Gasteiger partial charge is 0.258 e. The number of para-hydroxylation sites is 2. The predicted molar refractivity (Wildman–Crippen MR) is 123 cm³/mol. The molecule has 0 radical (unpaired) electrons. The first kappa shape index (κ1) is 21.5. The summed E-state index contributed by atoms with van der Waals surface area (Å²) >= 11 is 0. The van der Waals surface area contributed by atoms with Gasteiger partial charge >= 0.3 is 0 Å². The summed E-state index contributed by atoms with van der Waals surface area (Å²) in [6.07, 6.45) is 3.00. The second kappa shape index (κ2) is 9.60. The lowest BCUT2D eigenvalue weighted by Crippen LogP contribution is -2.31. The van der Waals surface area contributed by atoms with Crippen LogP contribution in [0.1, 0.15) is 34.3 Å². The van der Waals surface area contributed by atoms with E-state index >= 15 is 0 Å². The molecule has 164 valence electrons. The van der Waals surface area contributed by atoms with Crippen LogP contribution in [0, 0.1) is 11.6 Å². The fourth-order valence-electron chi connectivity index (χ4n) is 3.77. The number of nitrogens with two attached hydrogens (primary N) is 1. The topological polar surface area (TPSA) is 70.7 Å². The number of hydrogen-bond acceptors (Lipinski definition) is 2. The average molecular weight is 434 g/mol. The van der Waals surface area contributed by atoms with Gasteiger partial charge in [0.15, 0.2) is 5.96 Å². The van der Waals surface area contributed by atoms with Crippen molar-refractivity contribution in [2.45, 2.75) is 25.8 Å². The molecule has 1 amide bonds. The monoisotopic (exact) mass is 434 g/mol. The Morgan fingerprint density at radius 2 is 1.69 bits per heavy atom. The van der Waals surface area contributed by atoms with E-state index in [0.29, 0.717) is 12.1 Å². The molecule has 3 aromatic rings. The lowest BCUT2D eigenvalue weighted by molar-refractivity contribution is 0.0987. The summed E-state index contributed by atoms with van der Waals surface area (Å²) in [7, 11) is 0. The molecule has 1 aliphatic heterocycles. The number of nitrogens with zero attached hydrogens (tertiary/aromatic N) is 2. The molecule has 5 nitrogen and oxygen atoms in total. The molecule has 7 heteroatoms. The van der Waals surface area contributed by atoms with Gasteiger partial charge in [0.25, 0.3) is 5.91 Å². The van der Waals surface area contributed by atoms with Gasteiger partial charge in [0.05, 0.1) is 6.54 Å². The van der Waals surface area contributed by atoms with Crippen LogP contribution in [-0.4, -0.2) is 18.4 Å². The maximum Gasteiger partial charge on any atom is 0.258 e. The van der Waals surface area contributed by atoms with Crippen molar-refractivity contribution in [2.75, 3.05) is 16.8 Å². The number of aryl methyl sites for hydroxylation is 1. The van der Waals surface area contributed by atoms with Crippen LogP contribution in [0.5, 0.6) is 0 Å². The normalized spacial score (nSPS) is 13.9. The highest BCUT2D eigenvalue weighted by Crippen LogP contribution is 2.27. The van der Waals surface area contributed by atoms with E-state index in [1.54, 1.807) is 24.3 Å². The number of aliphatic imine (C=N–C) groups is 1. The molecular formula is C25H24F2N4O. The highest BCUT2D eigenvalue weighted by Gasteiger charge is 2.22. The Balaban J connectivity index is 1.44. The number of carbonyl (C=O) groups excluding carboxylic acids is 1. The van der Waals surface area contributed by atoms with Crippen molar-refractivity contribution in [3.05, 3.63) is 95.1 Å². The van der Waals surface area contributed by atoms with Crippen molar-refractivity contribution in [1.82, 2.24) is 0 Å². The highest BCUT2D eigenvalue weighted by molar-refractivity contribution is 6.06. The SMILES string of the molecule is NC(=NCc1ccc(C(=O)N2CCCCc3ccccc32)cc1)Nc1c(F)cccc1F. The minimum Gasteiger partial charge on any atom is -0.370 e. The minimum atomic E-state index is -0.749. The van der Waals surface area contributed by atoms with E-state index in [0.717, 1.165) is 42.6 Å². The first-order chi connectivity index (χ1) is 15.5. The van der Waals surface area contributed by atoms with Gasteiger partial charge in [-0.25, -0.2) is 13.8 Å². The van der Waals surface area contributed by atoms with Crippen molar-refractivity contribution in [3.63, 3.8) is 0 Å². The van der Waals surface area contributed by atoms with E-state index in [9.17, 15) is 13.6 Å². The van der Waals surface area contributed by atoms with Crippen LogP contribution in [-0.2, 0) is 13.0 Å². The quantitative estimate of drug-likeness (QED) is 0.454. The first-order valence-electron chi connectivity index (χ1n) is 10.5. The summed E-state index contributed by atoms with van der Waals surface area (Å²) in [5, 5.41) is 2.45. The molecule has 0 bridgehead atoms. The molecule has 0 fully saturated rings. The van der Waals surface area contributed by atoms with Crippen LogP contribution in [0.2, 0.25) is 0 Å². The van der Waals surface area contributed by atoms with Crippen molar-refractivity contribution >= 4 is 23.2 Å². The summed E-state index contributed by atoms with van der Waals surface area (Å²) < 4.78 is 27.4. The third-order valence-corrected chi connectivity index (χ3v) is 5.45. The van der Waals surface area contributed by atoms with E-state index < -0.39 is 11.6 Å². The van der Waals surface area contributed by atoms with E-state index in [4.69, 9.17) is 5.73 Å². The van der Waals surface area contributed by atoms with E-state index in [-0.39, 0.29) is 24.1 Å². The van der Waals surface area contributed by atoms with Crippen molar-refractivity contribution < 1.29 is 13.6 Å². The summed E-state index contributed by atoms with van der Waals surface area (Å²) in [5.74, 6) is -1.64. The lowest BCUT2D eigenvalue weighted by Gasteiger charge is -2.23. The van der Waals surface area contributed by atoms with Gasteiger partial charge in [0.1, 0.15) is 17.3 Å².